The molecule has 2 aliphatic rings. The van der Waals surface area contributed by atoms with E-state index in [-0.39, 0.29) is 12.0 Å². The predicted molar refractivity (Wildman–Crippen MR) is 87.5 cm³/mol. The van der Waals surface area contributed by atoms with Crippen molar-refractivity contribution in [1.82, 2.24) is 15.5 Å². The Labute approximate surface area is 137 Å². The van der Waals surface area contributed by atoms with E-state index in [4.69, 9.17) is 9.15 Å². The molecule has 2 saturated heterocycles. The van der Waals surface area contributed by atoms with E-state index in [1.807, 2.05) is 6.07 Å². The van der Waals surface area contributed by atoms with Gasteiger partial charge in [0.2, 0.25) is 0 Å². The summed E-state index contributed by atoms with van der Waals surface area (Å²) in [6.07, 6.45) is 3.38. The van der Waals surface area contributed by atoms with Crippen molar-refractivity contribution in [2.75, 3.05) is 39.3 Å². The predicted octanol–water partition coefficient (Wildman–Crippen LogP) is 1.16. The van der Waals surface area contributed by atoms with Gasteiger partial charge in [0.15, 0.2) is 5.76 Å². The van der Waals surface area contributed by atoms with Crippen LogP contribution in [0.4, 0.5) is 0 Å². The first-order chi connectivity index (χ1) is 11.3. The number of carbonyl (C=O) groups excluding carboxylic acids is 1. The van der Waals surface area contributed by atoms with Crippen molar-refractivity contribution in [3.63, 3.8) is 0 Å². The third kappa shape index (κ3) is 4.34. The largest absolute Gasteiger partial charge is 0.456 e. The highest BCUT2D eigenvalue weighted by molar-refractivity contribution is 5.91. The van der Waals surface area contributed by atoms with Crippen LogP contribution in [0, 0.1) is 0 Å². The lowest BCUT2D eigenvalue weighted by molar-refractivity contribution is 0.0284. The number of aryl methyl sites for hydroxylation is 1. The highest BCUT2D eigenvalue weighted by atomic mass is 16.5. The van der Waals surface area contributed by atoms with Crippen LogP contribution in [0.1, 0.15) is 41.6 Å². The summed E-state index contributed by atoms with van der Waals surface area (Å²) >= 11 is 0. The van der Waals surface area contributed by atoms with E-state index in [9.17, 15) is 4.79 Å². The summed E-state index contributed by atoms with van der Waals surface area (Å²) < 4.78 is 11.4. The Morgan fingerprint density at radius 2 is 2.26 bits per heavy atom. The Balaban J connectivity index is 1.57. The number of nitrogens with one attached hydrogen (secondary N) is 2. The van der Waals surface area contributed by atoms with Crippen LogP contribution in [-0.4, -0.2) is 56.2 Å². The zero-order chi connectivity index (χ0) is 16.1. The fraction of sp³-hybridized carbons (Fsp3) is 0.706. The molecule has 0 unspecified atom stereocenters. The smallest absolute Gasteiger partial charge is 0.287 e. The average molecular weight is 321 g/mol. The number of hydrogen-bond donors (Lipinski definition) is 2. The van der Waals surface area contributed by atoms with Crippen molar-refractivity contribution in [2.45, 2.75) is 38.8 Å². The second-order valence-corrected chi connectivity index (χ2v) is 6.30. The molecular weight excluding hydrogens is 294 g/mol. The molecule has 128 valence electrons. The number of morpholine rings is 1. The first kappa shape index (κ1) is 16.5. The zero-order valence-corrected chi connectivity index (χ0v) is 13.9. The number of hydrogen-bond acceptors (Lipinski definition) is 5. The molecule has 3 heterocycles. The van der Waals surface area contributed by atoms with Crippen molar-refractivity contribution >= 4 is 5.91 Å². The number of nitrogens with zero attached hydrogens (tertiary/aromatic N) is 1. The van der Waals surface area contributed by atoms with Gasteiger partial charge in [0.05, 0.1) is 12.7 Å². The minimum Gasteiger partial charge on any atom is -0.456 e. The summed E-state index contributed by atoms with van der Waals surface area (Å²) in [4.78, 5) is 14.7. The summed E-state index contributed by atoms with van der Waals surface area (Å²) in [5, 5.41) is 6.17. The van der Waals surface area contributed by atoms with E-state index < -0.39 is 0 Å². The van der Waals surface area contributed by atoms with Gasteiger partial charge in [-0.25, -0.2) is 0 Å². The molecule has 2 N–H and O–H groups in total. The number of rotatable bonds is 6. The Morgan fingerprint density at radius 1 is 1.43 bits per heavy atom. The van der Waals surface area contributed by atoms with Gasteiger partial charge in [-0.3, -0.25) is 9.69 Å². The molecule has 0 aliphatic carbocycles. The van der Waals surface area contributed by atoms with Crippen molar-refractivity contribution in [2.24, 2.45) is 0 Å². The van der Waals surface area contributed by atoms with Crippen molar-refractivity contribution < 1.29 is 13.9 Å². The first-order valence-corrected chi connectivity index (χ1v) is 8.70. The van der Waals surface area contributed by atoms with Gasteiger partial charge in [-0.15, -0.1) is 0 Å². The quantitative estimate of drug-likeness (QED) is 0.823. The highest BCUT2D eigenvalue weighted by Gasteiger charge is 2.21. The van der Waals surface area contributed by atoms with Gasteiger partial charge >= 0.3 is 0 Å². The maximum atomic E-state index is 12.3. The molecule has 1 aromatic rings. The molecule has 0 aromatic carbocycles. The lowest BCUT2D eigenvalue weighted by atomic mass is 10.2. The monoisotopic (exact) mass is 321 g/mol. The van der Waals surface area contributed by atoms with Gasteiger partial charge in [-0.05, 0) is 32.0 Å². The third-order valence-electron chi connectivity index (χ3n) is 4.53. The maximum absolute atomic E-state index is 12.3. The van der Waals surface area contributed by atoms with Crippen LogP contribution in [0.3, 0.4) is 0 Å². The Kier molecular flexibility index (Phi) is 5.70. The van der Waals surface area contributed by atoms with E-state index in [0.717, 1.165) is 50.5 Å². The number of furan rings is 1. The van der Waals surface area contributed by atoms with Crippen molar-refractivity contribution in [1.29, 1.82) is 0 Å². The van der Waals surface area contributed by atoms with Gasteiger partial charge < -0.3 is 19.8 Å². The SMILES string of the molecule is CCc1oc(C(=O)NC[C@@H]2CNCCO2)cc1CN1CCCC1. The molecule has 6 heteroatoms. The molecule has 0 saturated carbocycles. The van der Waals surface area contributed by atoms with E-state index in [1.54, 1.807) is 0 Å². The van der Waals surface area contributed by atoms with Crippen LogP contribution in [-0.2, 0) is 17.7 Å². The van der Waals surface area contributed by atoms with E-state index >= 15 is 0 Å². The zero-order valence-electron chi connectivity index (χ0n) is 13.9. The molecule has 0 radical (unpaired) electrons. The molecule has 1 amide bonds. The van der Waals surface area contributed by atoms with Gasteiger partial charge in [-0.2, -0.15) is 0 Å². The minimum absolute atomic E-state index is 0.0392. The average Bonchev–Trinajstić information content (AvgIpc) is 3.23. The second kappa shape index (κ2) is 7.95. The molecule has 23 heavy (non-hydrogen) atoms. The molecule has 1 atom stereocenters. The summed E-state index contributed by atoms with van der Waals surface area (Å²) in [6, 6.07) is 1.91. The van der Waals surface area contributed by atoms with Crippen LogP contribution in [0.15, 0.2) is 10.5 Å². The molecule has 0 spiro atoms. The van der Waals surface area contributed by atoms with Crippen LogP contribution < -0.4 is 10.6 Å². The standard InChI is InChI=1S/C17H27N3O3/c1-2-15-13(12-20-6-3-4-7-20)9-16(23-15)17(21)19-11-14-10-18-5-8-22-14/h9,14,18H,2-8,10-12H2,1H3,(H,19,21)/t14-/m0/s1. The molecular formula is C17H27N3O3. The summed E-state index contributed by atoms with van der Waals surface area (Å²) in [6.45, 7) is 8.09. The van der Waals surface area contributed by atoms with Gasteiger partial charge in [0.1, 0.15) is 5.76 Å². The normalized spacial score (nSPS) is 22.4. The van der Waals surface area contributed by atoms with Crippen molar-refractivity contribution in [3.05, 3.63) is 23.2 Å². The highest BCUT2D eigenvalue weighted by Crippen LogP contribution is 2.20. The Bertz CT molecular complexity index is 517. The number of ether oxygens (including phenoxy) is 1. The van der Waals surface area contributed by atoms with Crippen LogP contribution >= 0.6 is 0 Å². The number of likely N-dealkylation sites (tertiary alicyclic amines) is 1. The summed E-state index contributed by atoms with van der Waals surface area (Å²) in [5.74, 6) is 1.19. The van der Waals surface area contributed by atoms with E-state index in [2.05, 4.69) is 22.5 Å². The van der Waals surface area contributed by atoms with Crippen LogP contribution in [0.2, 0.25) is 0 Å². The molecule has 1 aromatic heterocycles. The first-order valence-electron chi connectivity index (χ1n) is 8.70. The molecule has 0 bridgehead atoms. The number of amides is 1. The van der Waals surface area contributed by atoms with Gasteiger partial charge in [0.25, 0.3) is 5.91 Å². The maximum Gasteiger partial charge on any atom is 0.287 e. The fourth-order valence-corrected chi connectivity index (χ4v) is 3.24. The van der Waals surface area contributed by atoms with Crippen LogP contribution in [0.5, 0.6) is 0 Å². The summed E-state index contributed by atoms with van der Waals surface area (Å²) in [5.41, 5.74) is 1.15. The Morgan fingerprint density at radius 3 is 2.96 bits per heavy atom. The second-order valence-electron chi connectivity index (χ2n) is 6.30. The van der Waals surface area contributed by atoms with Crippen molar-refractivity contribution in [3.8, 4) is 0 Å². The molecule has 6 nitrogen and oxygen atoms in total. The minimum atomic E-state index is -0.151. The number of carbonyl (C=O) groups is 1. The lowest BCUT2D eigenvalue weighted by Crippen LogP contribution is -2.45. The van der Waals surface area contributed by atoms with E-state index in [1.165, 1.54) is 12.8 Å². The lowest BCUT2D eigenvalue weighted by Gasteiger charge is -2.23. The Hall–Kier alpha value is -1.37. The van der Waals surface area contributed by atoms with Crippen LogP contribution in [0.25, 0.3) is 0 Å². The molecule has 2 aliphatic heterocycles. The molecule has 3 rings (SSSR count). The third-order valence-corrected chi connectivity index (χ3v) is 4.53. The van der Waals surface area contributed by atoms with Gasteiger partial charge in [-0.1, -0.05) is 6.92 Å². The van der Waals surface area contributed by atoms with E-state index in [0.29, 0.717) is 18.9 Å². The summed E-state index contributed by atoms with van der Waals surface area (Å²) in [7, 11) is 0. The molecule has 2 fully saturated rings. The topological polar surface area (TPSA) is 66.7 Å². The van der Waals surface area contributed by atoms with Gasteiger partial charge in [0, 0.05) is 38.2 Å². The fourth-order valence-electron chi connectivity index (χ4n) is 3.24.